The zero-order valence-electron chi connectivity index (χ0n) is 20.2. The summed E-state index contributed by atoms with van der Waals surface area (Å²) in [7, 11) is -0.0567. The minimum absolute atomic E-state index is 0.236. The lowest BCUT2D eigenvalue weighted by Gasteiger charge is -2.13. The van der Waals surface area contributed by atoms with Gasteiger partial charge in [0.2, 0.25) is 11.9 Å². The molecule has 0 aliphatic heterocycles. The van der Waals surface area contributed by atoms with Gasteiger partial charge in [0.25, 0.3) is 5.91 Å². The number of nitrogens with one attached hydrogen (secondary N) is 1. The lowest BCUT2D eigenvalue weighted by atomic mass is 9.80. The van der Waals surface area contributed by atoms with Crippen molar-refractivity contribution in [2.24, 2.45) is 5.73 Å². The molecule has 5 N–H and O–H groups in total. The molecule has 2 amide bonds. The molecule has 0 fully saturated rings. The lowest BCUT2D eigenvalue weighted by Crippen LogP contribution is -2.29. The van der Waals surface area contributed by atoms with E-state index < -0.39 is 13.0 Å². The van der Waals surface area contributed by atoms with Crippen molar-refractivity contribution < 1.29 is 24.4 Å². The molecule has 2 aromatic heterocycles. The number of aromatic nitrogens is 4. The van der Waals surface area contributed by atoms with E-state index >= 15 is 0 Å². The average molecular weight is 490 g/mol. The normalized spacial score (nSPS) is 11.0. The molecule has 4 aromatic rings. The smallest absolute Gasteiger partial charge is 0.488 e. The summed E-state index contributed by atoms with van der Waals surface area (Å²) >= 11 is 0. The molecule has 36 heavy (non-hydrogen) atoms. The van der Waals surface area contributed by atoms with Crippen LogP contribution >= 0.6 is 0 Å². The highest BCUT2D eigenvalue weighted by atomic mass is 16.5. The molecule has 0 atom stereocenters. The molecular formula is C24H27BN6O5. The Balaban J connectivity index is 1.75. The van der Waals surface area contributed by atoms with E-state index in [-0.39, 0.29) is 17.4 Å². The van der Waals surface area contributed by atoms with Gasteiger partial charge < -0.3 is 25.1 Å². The Bertz CT molecular complexity index is 1430. The number of rotatable bonds is 9. The van der Waals surface area contributed by atoms with Crippen LogP contribution in [0.5, 0.6) is 5.75 Å². The third-order valence-corrected chi connectivity index (χ3v) is 5.87. The summed E-state index contributed by atoms with van der Waals surface area (Å²) in [4.78, 5) is 29.6. The molecule has 0 aliphatic carbocycles. The Morgan fingerprint density at radius 1 is 1.17 bits per heavy atom. The number of carbonyl (C=O) groups excluding carboxylic acids is 2. The number of primary amides is 1. The molecule has 4 rings (SSSR count). The SMILES string of the molecule is CCn1nc(C)cc1C(=O)Nc1nc2cc(C(N)=O)cc(OC)c2n1CCc1ccc(B(O)O)cc1. The molecule has 0 aliphatic rings. The van der Waals surface area contributed by atoms with E-state index in [0.29, 0.717) is 47.4 Å². The van der Waals surface area contributed by atoms with E-state index in [1.165, 1.54) is 7.11 Å². The van der Waals surface area contributed by atoms with Gasteiger partial charge in [-0.2, -0.15) is 5.10 Å². The number of nitrogens with zero attached hydrogens (tertiary/aromatic N) is 4. The third-order valence-electron chi connectivity index (χ3n) is 5.87. The monoisotopic (exact) mass is 490 g/mol. The predicted molar refractivity (Wildman–Crippen MR) is 135 cm³/mol. The summed E-state index contributed by atoms with van der Waals surface area (Å²) in [6, 6.07) is 11.7. The summed E-state index contributed by atoms with van der Waals surface area (Å²) in [5.74, 6) is -0.325. The highest BCUT2D eigenvalue weighted by Crippen LogP contribution is 2.31. The van der Waals surface area contributed by atoms with Crippen LogP contribution < -0.4 is 21.3 Å². The number of amides is 2. The first-order chi connectivity index (χ1) is 17.2. The van der Waals surface area contributed by atoms with E-state index in [0.717, 1.165) is 11.3 Å². The molecule has 2 heterocycles. The summed E-state index contributed by atoms with van der Waals surface area (Å²) in [5.41, 5.74) is 9.21. The number of hydrogen-bond acceptors (Lipinski definition) is 7. The maximum atomic E-state index is 13.2. The second kappa shape index (κ2) is 10.2. The summed E-state index contributed by atoms with van der Waals surface area (Å²) in [6.07, 6.45) is 0.545. The number of aryl methyl sites for hydroxylation is 4. The molecule has 186 valence electrons. The zero-order valence-corrected chi connectivity index (χ0v) is 20.2. The number of methoxy groups -OCH3 is 1. The molecule has 11 nitrogen and oxygen atoms in total. The molecule has 0 unspecified atom stereocenters. The van der Waals surface area contributed by atoms with Gasteiger partial charge in [0, 0.05) is 18.7 Å². The molecule has 2 aromatic carbocycles. The fourth-order valence-corrected chi connectivity index (χ4v) is 4.07. The van der Waals surface area contributed by atoms with E-state index in [1.807, 2.05) is 18.4 Å². The Labute approximate surface area is 207 Å². The number of carbonyl (C=O) groups is 2. The zero-order chi connectivity index (χ0) is 26.0. The van der Waals surface area contributed by atoms with Gasteiger partial charge in [0.1, 0.15) is 17.0 Å². The largest absolute Gasteiger partial charge is 0.494 e. The van der Waals surface area contributed by atoms with Crippen molar-refractivity contribution in [3.05, 3.63) is 65.0 Å². The van der Waals surface area contributed by atoms with E-state index in [1.54, 1.807) is 47.1 Å². The average Bonchev–Trinajstić information content (AvgIpc) is 3.41. The second-order valence-corrected chi connectivity index (χ2v) is 8.30. The first kappa shape index (κ1) is 25.0. The van der Waals surface area contributed by atoms with Gasteiger partial charge in [-0.05, 0) is 49.5 Å². The van der Waals surface area contributed by atoms with Gasteiger partial charge in [-0.25, -0.2) is 4.98 Å². The van der Waals surface area contributed by atoms with Crippen LogP contribution in [-0.2, 0) is 19.5 Å². The predicted octanol–water partition coefficient (Wildman–Crippen LogP) is 0.843. The number of ether oxygens (including phenoxy) is 1. The van der Waals surface area contributed by atoms with Crippen molar-refractivity contribution in [3.63, 3.8) is 0 Å². The molecular weight excluding hydrogens is 463 g/mol. The maximum absolute atomic E-state index is 13.2. The molecule has 0 radical (unpaired) electrons. The van der Waals surface area contributed by atoms with Gasteiger partial charge in [-0.3, -0.25) is 19.6 Å². The van der Waals surface area contributed by atoms with Crippen molar-refractivity contribution in [1.29, 1.82) is 0 Å². The number of hydrogen-bond donors (Lipinski definition) is 4. The highest BCUT2D eigenvalue weighted by Gasteiger charge is 2.21. The van der Waals surface area contributed by atoms with Crippen molar-refractivity contribution >= 4 is 41.4 Å². The second-order valence-electron chi connectivity index (χ2n) is 8.30. The van der Waals surface area contributed by atoms with Crippen LogP contribution in [0.15, 0.2) is 42.5 Å². The highest BCUT2D eigenvalue weighted by molar-refractivity contribution is 6.58. The fraction of sp³-hybridized carbons (Fsp3) is 0.250. The molecule has 0 spiro atoms. The minimum Gasteiger partial charge on any atom is -0.494 e. The summed E-state index contributed by atoms with van der Waals surface area (Å²) in [6.45, 7) is 4.65. The first-order valence-corrected chi connectivity index (χ1v) is 11.4. The molecule has 12 heteroatoms. The van der Waals surface area contributed by atoms with E-state index in [4.69, 9.17) is 10.5 Å². The van der Waals surface area contributed by atoms with Crippen molar-refractivity contribution in [1.82, 2.24) is 19.3 Å². The Kier molecular flexibility index (Phi) is 7.08. The standard InChI is InChI=1S/C24H27BN6O5/c1-4-31-19(11-14(2)29-31)23(33)28-24-27-18-12-16(22(26)32)13-20(36-3)21(18)30(24)10-9-15-5-7-17(8-6-15)25(34)35/h5-8,11-13,34-35H,4,9-10H2,1-3H3,(H2,26,32)(H,27,28,33). The van der Waals surface area contributed by atoms with Crippen LogP contribution in [0.3, 0.4) is 0 Å². The van der Waals surface area contributed by atoms with E-state index in [2.05, 4.69) is 15.4 Å². The Morgan fingerprint density at radius 3 is 2.50 bits per heavy atom. The topological polar surface area (TPSA) is 158 Å². The Hall–Kier alpha value is -4.16. The number of anilines is 1. The van der Waals surface area contributed by atoms with E-state index in [9.17, 15) is 19.6 Å². The van der Waals surface area contributed by atoms with Crippen LogP contribution in [0.1, 0.15) is 39.0 Å². The lowest BCUT2D eigenvalue weighted by molar-refractivity contribution is 0.0995. The van der Waals surface area contributed by atoms with Gasteiger partial charge >= 0.3 is 7.12 Å². The number of imidazole rings is 1. The Morgan fingerprint density at radius 2 is 1.89 bits per heavy atom. The van der Waals surface area contributed by atoms with Crippen LogP contribution in [0, 0.1) is 6.92 Å². The van der Waals surface area contributed by atoms with Crippen molar-refractivity contribution in [3.8, 4) is 5.75 Å². The molecule has 0 saturated carbocycles. The van der Waals surface area contributed by atoms with Crippen LogP contribution in [0.2, 0.25) is 0 Å². The van der Waals surface area contributed by atoms with Gasteiger partial charge in [-0.1, -0.05) is 24.3 Å². The number of benzene rings is 2. The third kappa shape index (κ3) is 4.95. The molecule has 0 bridgehead atoms. The van der Waals surface area contributed by atoms with Gasteiger partial charge in [0.05, 0.1) is 18.3 Å². The first-order valence-electron chi connectivity index (χ1n) is 11.4. The van der Waals surface area contributed by atoms with Crippen molar-refractivity contribution in [2.75, 3.05) is 12.4 Å². The van der Waals surface area contributed by atoms with Crippen molar-refractivity contribution in [2.45, 2.75) is 33.4 Å². The number of nitrogens with two attached hydrogens (primary N) is 1. The van der Waals surface area contributed by atoms with Crippen LogP contribution in [0.4, 0.5) is 5.95 Å². The fourth-order valence-electron chi connectivity index (χ4n) is 4.07. The summed E-state index contributed by atoms with van der Waals surface area (Å²) < 4.78 is 8.97. The maximum Gasteiger partial charge on any atom is 0.488 e. The molecule has 0 saturated heterocycles. The van der Waals surface area contributed by atoms with Gasteiger partial charge in [0.15, 0.2) is 0 Å². The van der Waals surface area contributed by atoms with Crippen LogP contribution in [0.25, 0.3) is 11.0 Å². The quantitative estimate of drug-likeness (QED) is 0.253. The van der Waals surface area contributed by atoms with Gasteiger partial charge in [-0.15, -0.1) is 0 Å². The van der Waals surface area contributed by atoms with Crippen LogP contribution in [-0.4, -0.2) is 55.4 Å². The number of fused-ring (bicyclic) bond motifs is 1. The minimum atomic E-state index is -1.54. The summed E-state index contributed by atoms with van der Waals surface area (Å²) in [5, 5.41) is 25.9.